The van der Waals surface area contributed by atoms with Crippen molar-refractivity contribution in [3.05, 3.63) is 39.4 Å². The lowest BCUT2D eigenvalue weighted by Gasteiger charge is -2.04. The SMILES string of the molecule is CNC(=O)c1cccc([N+](=O)[O-])c1C(=O)O. The van der Waals surface area contributed by atoms with E-state index in [9.17, 15) is 19.7 Å². The van der Waals surface area contributed by atoms with E-state index < -0.39 is 28.1 Å². The summed E-state index contributed by atoms with van der Waals surface area (Å²) in [6.45, 7) is 0. The number of carboxylic acid groups (broad SMARTS) is 1. The smallest absolute Gasteiger partial charge is 0.343 e. The molecule has 0 saturated carbocycles. The molecule has 0 bridgehead atoms. The Kier molecular flexibility index (Phi) is 3.19. The number of carbonyl (C=O) groups is 2. The van der Waals surface area contributed by atoms with Crippen LogP contribution in [0.4, 0.5) is 5.69 Å². The molecule has 0 aliphatic rings. The van der Waals surface area contributed by atoms with E-state index >= 15 is 0 Å². The molecular weight excluding hydrogens is 216 g/mol. The fourth-order valence-corrected chi connectivity index (χ4v) is 1.24. The molecule has 16 heavy (non-hydrogen) atoms. The average molecular weight is 224 g/mol. The van der Waals surface area contributed by atoms with Gasteiger partial charge >= 0.3 is 5.97 Å². The molecule has 0 heterocycles. The van der Waals surface area contributed by atoms with E-state index in [1.54, 1.807) is 0 Å². The van der Waals surface area contributed by atoms with Crippen molar-refractivity contribution in [1.29, 1.82) is 0 Å². The van der Waals surface area contributed by atoms with Gasteiger partial charge in [-0.15, -0.1) is 0 Å². The molecule has 7 heteroatoms. The molecule has 0 radical (unpaired) electrons. The first-order chi connectivity index (χ1) is 7.49. The molecule has 84 valence electrons. The Hall–Kier alpha value is -2.44. The third-order valence-corrected chi connectivity index (χ3v) is 1.92. The highest BCUT2D eigenvalue weighted by Gasteiger charge is 2.26. The second-order valence-electron chi connectivity index (χ2n) is 2.84. The third kappa shape index (κ3) is 1.97. The summed E-state index contributed by atoms with van der Waals surface area (Å²) < 4.78 is 0. The number of rotatable bonds is 3. The van der Waals surface area contributed by atoms with E-state index in [1.165, 1.54) is 19.2 Å². The number of hydrogen-bond acceptors (Lipinski definition) is 4. The summed E-state index contributed by atoms with van der Waals surface area (Å²) in [5.41, 5.74) is -1.44. The highest BCUT2D eigenvalue weighted by Crippen LogP contribution is 2.22. The van der Waals surface area contributed by atoms with Crippen molar-refractivity contribution in [3.63, 3.8) is 0 Å². The Morgan fingerprint density at radius 3 is 2.50 bits per heavy atom. The van der Waals surface area contributed by atoms with Crippen molar-refractivity contribution in [3.8, 4) is 0 Å². The van der Waals surface area contributed by atoms with E-state index in [4.69, 9.17) is 5.11 Å². The Bertz CT molecular complexity index is 469. The zero-order valence-electron chi connectivity index (χ0n) is 8.26. The van der Waals surface area contributed by atoms with Gasteiger partial charge in [0.15, 0.2) is 0 Å². The highest BCUT2D eigenvalue weighted by atomic mass is 16.6. The monoisotopic (exact) mass is 224 g/mol. The van der Waals surface area contributed by atoms with Gasteiger partial charge in [0, 0.05) is 13.1 Å². The number of carbonyl (C=O) groups excluding carboxylic acids is 1. The maximum atomic E-state index is 11.3. The van der Waals surface area contributed by atoms with E-state index in [-0.39, 0.29) is 5.56 Å². The molecule has 0 aromatic heterocycles. The topological polar surface area (TPSA) is 110 Å². The summed E-state index contributed by atoms with van der Waals surface area (Å²) in [4.78, 5) is 32.0. The van der Waals surface area contributed by atoms with Crippen molar-refractivity contribution in [2.24, 2.45) is 0 Å². The fraction of sp³-hybridized carbons (Fsp3) is 0.111. The van der Waals surface area contributed by atoms with Crippen molar-refractivity contribution in [1.82, 2.24) is 5.32 Å². The summed E-state index contributed by atoms with van der Waals surface area (Å²) in [5.74, 6) is -2.19. The van der Waals surface area contributed by atoms with Crippen LogP contribution in [0.3, 0.4) is 0 Å². The van der Waals surface area contributed by atoms with Crippen molar-refractivity contribution >= 4 is 17.6 Å². The first kappa shape index (κ1) is 11.6. The number of benzene rings is 1. The van der Waals surface area contributed by atoms with Crippen molar-refractivity contribution in [2.75, 3.05) is 7.05 Å². The van der Waals surface area contributed by atoms with Crippen LogP contribution < -0.4 is 5.32 Å². The van der Waals surface area contributed by atoms with Gasteiger partial charge in [-0.2, -0.15) is 0 Å². The van der Waals surface area contributed by atoms with Gasteiger partial charge in [-0.3, -0.25) is 14.9 Å². The molecule has 0 atom stereocenters. The summed E-state index contributed by atoms with van der Waals surface area (Å²) >= 11 is 0. The number of aromatic carboxylic acids is 1. The minimum absolute atomic E-state index is 0.232. The van der Waals surface area contributed by atoms with Crippen LogP contribution >= 0.6 is 0 Å². The Balaban J connectivity index is 3.51. The van der Waals surface area contributed by atoms with Gasteiger partial charge < -0.3 is 10.4 Å². The van der Waals surface area contributed by atoms with Crippen LogP contribution in [0.2, 0.25) is 0 Å². The zero-order valence-corrected chi connectivity index (χ0v) is 8.26. The normalized spacial score (nSPS) is 9.56. The number of hydrogen-bond donors (Lipinski definition) is 2. The standard InChI is InChI=1S/C9H8N2O5/c1-10-8(12)5-3-2-4-6(11(15)16)7(5)9(13)14/h2-4H,1H3,(H,10,12)(H,13,14). The lowest BCUT2D eigenvalue weighted by Crippen LogP contribution is -2.21. The van der Waals surface area contributed by atoms with Gasteiger partial charge in [-0.1, -0.05) is 6.07 Å². The zero-order chi connectivity index (χ0) is 12.3. The van der Waals surface area contributed by atoms with Gasteiger partial charge in [0.1, 0.15) is 5.56 Å². The molecule has 0 saturated heterocycles. The number of nitrogens with one attached hydrogen (secondary N) is 1. The Morgan fingerprint density at radius 1 is 1.44 bits per heavy atom. The van der Waals surface area contributed by atoms with E-state index in [2.05, 4.69) is 5.32 Å². The second kappa shape index (κ2) is 4.39. The van der Waals surface area contributed by atoms with E-state index in [0.29, 0.717) is 0 Å². The molecule has 7 nitrogen and oxygen atoms in total. The molecule has 0 aliphatic carbocycles. The molecular formula is C9H8N2O5. The fourth-order valence-electron chi connectivity index (χ4n) is 1.24. The van der Waals surface area contributed by atoms with Gasteiger partial charge in [0.25, 0.3) is 11.6 Å². The largest absolute Gasteiger partial charge is 0.477 e. The number of nitro groups is 1. The predicted octanol–water partition coefficient (Wildman–Crippen LogP) is 0.653. The minimum Gasteiger partial charge on any atom is -0.477 e. The second-order valence-corrected chi connectivity index (χ2v) is 2.84. The number of nitro benzene ring substituents is 1. The minimum atomic E-state index is -1.51. The molecule has 1 aromatic carbocycles. The van der Waals surface area contributed by atoms with E-state index in [1.807, 2.05) is 0 Å². The Labute approximate surface area is 89.8 Å². The summed E-state index contributed by atoms with van der Waals surface area (Å²) in [5, 5.41) is 21.7. The van der Waals surface area contributed by atoms with Gasteiger partial charge in [-0.25, -0.2) is 4.79 Å². The predicted molar refractivity (Wildman–Crippen MR) is 53.4 cm³/mol. The van der Waals surface area contributed by atoms with Crippen molar-refractivity contribution < 1.29 is 19.6 Å². The quantitative estimate of drug-likeness (QED) is 0.578. The Morgan fingerprint density at radius 2 is 2.06 bits per heavy atom. The van der Waals surface area contributed by atoms with Crippen molar-refractivity contribution in [2.45, 2.75) is 0 Å². The molecule has 0 spiro atoms. The van der Waals surface area contributed by atoms with Crippen LogP contribution in [-0.4, -0.2) is 29.0 Å². The molecule has 1 rings (SSSR count). The van der Waals surface area contributed by atoms with Crippen LogP contribution in [0.25, 0.3) is 0 Å². The average Bonchev–Trinajstić information content (AvgIpc) is 2.26. The maximum Gasteiger partial charge on any atom is 0.343 e. The van der Waals surface area contributed by atoms with Crippen LogP contribution in [0.5, 0.6) is 0 Å². The lowest BCUT2D eigenvalue weighted by atomic mass is 10.0. The first-order valence-electron chi connectivity index (χ1n) is 4.21. The molecule has 0 fully saturated rings. The number of amides is 1. The van der Waals surface area contributed by atoms with Gasteiger partial charge in [0.2, 0.25) is 0 Å². The van der Waals surface area contributed by atoms with Crippen LogP contribution in [0, 0.1) is 10.1 Å². The summed E-state index contributed by atoms with van der Waals surface area (Å²) in [6.07, 6.45) is 0. The highest BCUT2D eigenvalue weighted by molar-refractivity contribution is 6.07. The maximum absolute atomic E-state index is 11.3. The van der Waals surface area contributed by atoms with Gasteiger partial charge in [-0.05, 0) is 6.07 Å². The van der Waals surface area contributed by atoms with Crippen LogP contribution in [0.1, 0.15) is 20.7 Å². The number of carboxylic acids is 1. The molecule has 2 N–H and O–H groups in total. The summed E-state index contributed by atoms with van der Waals surface area (Å²) in [6, 6.07) is 3.51. The lowest BCUT2D eigenvalue weighted by molar-refractivity contribution is -0.385. The summed E-state index contributed by atoms with van der Waals surface area (Å²) in [7, 11) is 1.31. The number of nitrogens with zero attached hydrogens (tertiary/aromatic N) is 1. The van der Waals surface area contributed by atoms with Crippen LogP contribution in [-0.2, 0) is 0 Å². The molecule has 0 aliphatic heterocycles. The third-order valence-electron chi connectivity index (χ3n) is 1.92. The van der Waals surface area contributed by atoms with Crippen LogP contribution in [0.15, 0.2) is 18.2 Å². The molecule has 1 aromatic rings. The molecule has 0 unspecified atom stereocenters. The molecule has 1 amide bonds. The van der Waals surface area contributed by atoms with Gasteiger partial charge in [0.05, 0.1) is 10.5 Å². The van der Waals surface area contributed by atoms with E-state index in [0.717, 1.165) is 6.07 Å². The first-order valence-corrected chi connectivity index (χ1v) is 4.21.